The number of hydrogen-bond acceptors (Lipinski definition) is 4. The van der Waals surface area contributed by atoms with Crippen molar-refractivity contribution >= 4 is 57.1 Å². The average molecular weight is 565 g/mol. The van der Waals surface area contributed by atoms with Gasteiger partial charge in [-0.15, -0.1) is 0 Å². The van der Waals surface area contributed by atoms with Crippen LogP contribution >= 0.6 is 45.2 Å². The number of benzene rings is 2. The number of amides is 1. The molecule has 0 aromatic heterocycles. The van der Waals surface area contributed by atoms with Crippen LogP contribution in [-0.4, -0.2) is 29.6 Å². The van der Waals surface area contributed by atoms with Gasteiger partial charge in [-0.1, -0.05) is 18.2 Å². The van der Waals surface area contributed by atoms with Crippen molar-refractivity contribution in [1.82, 2.24) is 5.32 Å². The molecule has 0 fully saturated rings. The molecule has 0 aliphatic carbocycles. The van der Waals surface area contributed by atoms with E-state index in [1.54, 1.807) is 43.3 Å². The highest BCUT2D eigenvalue weighted by Crippen LogP contribution is 2.28. The number of phenolic OH excluding ortho intramolecular Hbond substituents is 1. The molecule has 0 heterocycles. The minimum absolute atomic E-state index is 0.214. The Morgan fingerprint density at radius 3 is 2.32 bits per heavy atom. The van der Waals surface area contributed by atoms with Crippen molar-refractivity contribution < 1.29 is 19.4 Å². The molecular weight excluding hydrogens is 548 g/mol. The Kier molecular flexibility index (Phi) is 7.48. The average Bonchev–Trinajstić information content (AvgIpc) is 2.60. The maximum Gasteiger partial charge on any atom is 0.328 e. The molecule has 5 nitrogen and oxygen atoms in total. The first-order valence-corrected chi connectivity index (χ1v) is 9.77. The molecule has 2 aromatic rings. The lowest BCUT2D eigenvalue weighted by Gasteiger charge is -2.18. The topological polar surface area (TPSA) is 75.6 Å². The molecule has 2 aromatic carbocycles. The van der Waals surface area contributed by atoms with Crippen LogP contribution in [0, 0.1) is 7.14 Å². The molecule has 1 unspecified atom stereocenters. The third-order valence-corrected chi connectivity index (χ3v) is 5.07. The van der Waals surface area contributed by atoms with Crippen molar-refractivity contribution in [1.29, 1.82) is 0 Å². The molecule has 0 radical (unpaired) electrons. The molecule has 0 aliphatic rings. The summed E-state index contributed by atoms with van der Waals surface area (Å²) in [4.78, 5) is 24.6. The van der Waals surface area contributed by atoms with Gasteiger partial charge in [0, 0.05) is 12.0 Å². The molecule has 1 atom stereocenters. The van der Waals surface area contributed by atoms with Crippen LogP contribution in [0.3, 0.4) is 0 Å². The second-order valence-corrected chi connectivity index (χ2v) is 7.58. The van der Waals surface area contributed by atoms with Crippen LogP contribution in [0.5, 0.6) is 5.75 Å². The lowest BCUT2D eigenvalue weighted by molar-refractivity contribution is -0.145. The summed E-state index contributed by atoms with van der Waals surface area (Å²) in [5.74, 6) is -0.599. The number of rotatable bonds is 6. The van der Waals surface area contributed by atoms with E-state index in [-0.39, 0.29) is 24.7 Å². The van der Waals surface area contributed by atoms with Gasteiger partial charge in [0.1, 0.15) is 11.8 Å². The van der Waals surface area contributed by atoms with E-state index in [1.807, 2.05) is 51.2 Å². The summed E-state index contributed by atoms with van der Waals surface area (Å²) >= 11 is 4.07. The first-order chi connectivity index (χ1) is 11.9. The highest BCUT2D eigenvalue weighted by Gasteiger charge is 2.23. The lowest BCUT2D eigenvalue weighted by atomic mass is 10.0. The van der Waals surface area contributed by atoms with Gasteiger partial charge in [0.15, 0.2) is 0 Å². The number of halogens is 2. The summed E-state index contributed by atoms with van der Waals surface area (Å²) in [6, 6.07) is 11.5. The van der Waals surface area contributed by atoms with E-state index in [4.69, 9.17) is 4.74 Å². The molecule has 0 aliphatic heterocycles. The van der Waals surface area contributed by atoms with Gasteiger partial charge in [0.25, 0.3) is 5.91 Å². The predicted molar refractivity (Wildman–Crippen MR) is 112 cm³/mol. The van der Waals surface area contributed by atoms with E-state index >= 15 is 0 Å². The van der Waals surface area contributed by atoms with E-state index in [9.17, 15) is 14.7 Å². The molecule has 2 rings (SSSR count). The van der Waals surface area contributed by atoms with Crippen LogP contribution in [-0.2, 0) is 16.0 Å². The van der Waals surface area contributed by atoms with E-state index in [0.29, 0.717) is 12.7 Å². The van der Waals surface area contributed by atoms with Crippen LogP contribution in [0.25, 0.3) is 0 Å². The Balaban J connectivity index is 2.21. The maximum atomic E-state index is 12.4. The second kappa shape index (κ2) is 9.37. The standard InChI is InChI=1S/C18H17I2NO4/c1-2-25-18(24)15(21-17(23)12-6-4-3-5-7-12)10-11-8-13(19)16(22)14(20)9-11/h3-9,15,22H,2,10H2,1H3,(H,21,23). The smallest absolute Gasteiger partial charge is 0.328 e. The van der Waals surface area contributed by atoms with E-state index in [2.05, 4.69) is 5.32 Å². The number of hydrogen-bond donors (Lipinski definition) is 2. The SMILES string of the molecule is CCOC(=O)C(Cc1cc(I)c(O)c(I)c1)NC(=O)c1ccccc1. The van der Waals surface area contributed by atoms with Gasteiger partial charge in [0.05, 0.1) is 13.7 Å². The van der Waals surface area contributed by atoms with Crippen molar-refractivity contribution in [3.05, 3.63) is 60.7 Å². The largest absolute Gasteiger partial charge is 0.506 e. The summed E-state index contributed by atoms with van der Waals surface area (Å²) in [5, 5.41) is 12.6. The number of carbonyl (C=O) groups is 2. The summed E-state index contributed by atoms with van der Waals surface area (Å²) in [6.07, 6.45) is 0.281. The number of nitrogens with one attached hydrogen (secondary N) is 1. The third-order valence-electron chi connectivity index (χ3n) is 3.43. The number of esters is 1. The second-order valence-electron chi connectivity index (χ2n) is 5.26. The minimum atomic E-state index is -0.802. The Hall–Kier alpha value is -1.36. The molecule has 0 saturated heterocycles. The maximum absolute atomic E-state index is 12.4. The van der Waals surface area contributed by atoms with Crippen molar-refractivity contribution in [2.75, 3.05) is 6.61 Å². The third kappa shape index (κ3) is 5.56. The van der Waals surface area contributed by atoms with Gasteiger partial charge in [-0.05, 0) is 81.9 Å². The zero-order chi connectivity index (χ0) is 18.4. The van der Waals surface area contributed by atoms with Crippen molar-refractivity contribution in [2.45, 2.75) is 19.4 Å². The highest BCUT2D eigenvalue weighted by atomic mass is 127. The van der Waals surface area contributed by atoms with Crippen LogP contribution in [0.2, 0.25) is 0 Å². The zero-order valence-electron chi connectivity index (χ0n) is 13.5. The van der Waals surface area contributed by atoms with Gasteiger partial charge in [0.2, 0.25) is 0 Å². The molecule has 25 heavy (non-hydrogen) atoms. The van der Waals surface area contributed by atoms with Crippen molar-refractivity contribution in [3.63, 3.8) is 0 Å². The fourth-order valence-corrected chi connectivity index (χ4v) is 4.14. The van der Waals surface area contributed by atoms with Gasteiger partial charge in [-0.25, -0.2) is 4.79 Å². The molecule has 0 spiro atoms. The minimum Gasteiger partial charge on any atom is -0.506 e. The van der Waals surface area contributed by atoms with E-state index in [1.165, 1.54) is 0 Å². The van der Waals surface area contributed by atoms with Crippen LogP contribution in [0.1, 0.15) is 22.8 Å². The summed E-state index contributed by atoms with van der Waals surface area (Å²) in [7, 11) is 0. The predicted octanol–water partition coefficient (Wildman–Crippen LogP) is 3.51. The number of aromatic hydroxyl groups is 1. The summed E-state index contributed by atoms with van der Waals surface area (Å²) in [6.45, 7) is 1.96. The van der Waals surface area contributed by atoms with Gasteiger partial charge >= 0.3 is 5.97 Å². The van der Waals surface area contributed by atoms with Gasteiger partial charge in [-0.3, -0.25) is 4.79 Å². The Morgan fingerprint density at radius 2 is 1.76 bits per heavy atom. The Morgan fingerprint density at radius 1 is 1.16 bits per heavy atom. The number of carbonyl (C=O) groups excluding carboxylic acids is 2. The monoisotopic (exact) mass is 565 g/mol. The molecule has 132 valence electrons. The van der Waals surface area contributed by atoms with Crippen LogP contribution < -0.4 is 5.32 Å². The van der Waals surface area contributed by atoms with Crippen LogP contribution in [0.15, 0.2) is 42.5 Å². The molecule has 7 heteroatoms. The first-order valence-electron chi connectivity index (χ1n) is 7.61. The van der Waals surface area contributed by atoms with Gasteiger partial charge < -0.3 is 15.2 Å². The number of phenols is 1. The normalized spacial score (nSPS) is 11.6. The molecule has 2 N–H and O–H groups in total. The fourth-order valence-electron chi connectivity index (χ4n) is 2.24. The summed E-state index contributed by atoms with van der Waals surface area (Å²) in [5.41, 5.74) is 1.31. The van der Waals surface area contributed by atoms with Gasteiger partial charge in [-0.2, -0.15) is 0 Å². The van der Waals surface area contributed by atoms with Crippen molar-refractivity contribution in [3.8, 4) is 5.75 Å². The molecule has 0 bridgehead atoms. The quantitative estimate of drug-likeness (QED) is 0.416. The Bertz CT molecular complexity index is 742. The molecule has 0 saturated carbocycles. The van der Waals surface area contributed by atoms with E-state index < -0.39 is 12.0 Å². The molecular formula is C18H17I2NO4. The first kappa shape index (κ1) is 20.0. The number of ether oxygens (including phenoxy) is 1. The fraction of sp³-hybridized carbons (Fsp3) is 0.222. The zero-order valence-corrected chi connectivity index (χ0v) is 17.8. The Labute approximate surface area is 173 Å². The highest BCUT2D eigenvalue weighted by molar-refractivity contribution is 14.1. The van der Waals surface area contributed by atoms with Crippen molar-refractivity contribution in [2.24, 2.45) is 0 Å². The summed E-state index contributed by atoms with van der Waals surface area (Å²) < 4.78 is 6.47. The lowest BCUT2D eigenvalue weighted by Crippen LogP contribution is -2.43. The van der Waals surface area contributed by atoms with Crippen LogP contribution in [0.4, 0.5) is 0 Å². The molecule has 1 amide bonds. The van der Waals surface area contributed by atoms with E-state index in [0.717, 1.165) is 5.56 Å².